The second-order valence-electron chi connectivity index (χ2n) is 5.34. The molecule has 116 valence electrons. The van der Waals surface area contributed by atoms with Gasteiger partial charge >= 0.3 is 5.97 Å². The average Bonchev–Trinajstić information content (AvgIpc) is 3.16. The van der Waals surface area contributed by atoms with Gasteiger partial charge in [0.1, 0.15) is 10.7 Å². The molecule has 0 bridgehead atoms. The Kier molecular flexibility index (Phi) is 4.11. The third-order valence-corrected chi connectivity index (χ3v) is 4.84. The molecule has 1 aliphatic rings. The van der Waals surface area contributed by atoms with Crippen molar-refractivity contribution in [2.45, 2.75) is 25.9 Å². The van der Waals surface area contributed by atoms with E-state index in [-0.39, 0.29) is 11.7 Å². The summed E-state index contributed by atoms with van der Waals surface area (Å²) in [4.78, 5) is 26.3. The number of hydrogen-bond donors (Lipinski definition) is 0. The van der Waals surface area contributed by atoms with E-state index in [0.717, 1.165) is 25.9 Å². The Morgan fingerprint density at radius 3 is 2.73 bits per heavy atom. The van der Waals surface area contributed by atoms with Crippen LogP contribution >= 0.6 is 11.3 Å². The molecule has 0 radical (unpaired) electrons. The largest absolute Gasteiger partial charge is 0.448 e. The summed E-state index contributed by atoms with van der Waals surface area (Å²) < 4.78 is 19.6. The third-order valence-electron chi connectivity index (χ3n) is 3.76. The van der Waals surface area contributed by atoms with Crippen molar-refractivity contribution in [2.24, 2.45) is 0 Å². The topological polar surface area (TPSA) is 46.6 Å². The van der Waals surface area contributed by atoms with Gasteiger partial charge in [-0.25, -0.2) is 9.18 Å². The summed E-state index contributed by atoms with van der Waals surface area (Å²) in [5.74, 6) is -1.12. The number of rotatable bonds is 3. The fourth-order valence-electron chi connectivity index (χ4n) is 2.59. The number of halogens is 1. The lowest BCUT2D eigenvalue weighted by molar-refractivity contribution is -0.138. The van der Waals surface area contributed by atoms with Crippen molar-refractivity contribution in [1.82, 2.24) is 4.90 Å². The number of thiophene rings is 1. The number of carbonyl (C=O) groups excluding carboxylic acids is 2. The second kappa shape index (κ2) is 6.04. The molecular weight excluding hydrogens is 305 g/mol. The first-order chi connectivity index (χ1) is 10.6. The number of nitrogens with zero attached hydrogens (tertiary/aromatic N) is 1. The number of likely N-dealkylation sites (tertiary alicyclic amines) is 1. The van der Waals surface area contributed by atoms with E-state index in [0.29, 0.717) is 15.0 Å². The van der Waals surface area contributed by atoms with Gasteiger partial charge in [0.2, 0.25) is 0 Å². The number of ether oxygens (including phenoxy) is 1. The van der Waals surface area contributed by atoms with Crippen LogP contribution in [0, 0.1) is 5.82 Å². The molecule has 1 fully saturated rings. The summed E-state index contributed by atoms with van der Waals surface area (Å²) in [6.45, 7) is 3.01. The van der Waals surface area contributed by atoms with Crippen molar-refractivity contribution in [2.75, 3.05) is 13.1 Å². The molecule has 0 spiro atoms. The number of esters is 1. The van der Waals surface area contributed by atoms with Crippen LogP contribution in [-0.2, 0) is 9.53 Å². The zero-order valence-electron chi connectivity index (χ0n) is 12.2. The van der Waals surface area contributed by atoms with Crippen molar-refractivity contribution in [1.29, 1.82) is 0 Å². The van der Waals surface area contributed by atoms with Crippen LogP contribution < -0.4 is 0 Å². The van der Waals surface area contributed by atoms with Gasteiger partial charge in [-0.05, 0) is 38.0 Å². The van der Waals surface area contributed by atoms with Gasteiger partial charge in [0.25, 0.3) is 5.91 Å². The average molecular weight is 321 g/mol. The van der Waals surface area contributed by atoms with E-state index in [4.69, 9.17) is 4.74 Å². The quantitative estimate of drug-likeness (QED) is 0.816. The maximum absolute atomic E-state index is 13.7. The molecular formula is C16H16FNO3S. The number of amides is 1. The summed E-state index contributed by atoms with van der Waals surface area (Å²) in [5.41, 5.74) is 0. The van der Waals surface area contributed by atoms with Gasteiger partial charge in [-0.15, -0.1) is 11.3 Å². The Hall–Kier alpha value is -1.95. The highest BCUT2D eigenvalue weighted by atomic mass is 32.1. The zero-order chi connectivity index (χ0) is 15.7. The number of carbonyl (C=O) groups is 2. The highest BCUT2D eigenvalue weighted by Crippen LogP contribution is 2.28. The lowest BCUT2D eigenvalue weighted by Crippen LogP contribution is -2.38. The second-order valence-corrected chi connectivity index (χ2v) is 6.43. The summed E-state index contributed by atoms with van der Waals surface area (Å²) in [5, 5.41) is 0.401. The van der Waals surface area contributed by atoms with Crippen LogP contribution in [0.25, 0.3) is 10.1 Å². The molecule has 1 atom stereocenters. The normalized spacial score (nSPS) is 16.0. The van der Waals surface area contributed by atoms with E-state index >= 15 is 0 Å². The predicted octanol–water partition coefficient (Wildman–Crippen LogP) is 3.21. The Morgan fingerprint density at radius 2 is 2.05 bits per heavy atom. The Morgan fingerprint density at radius 1 is 1.32 bits per heavy atom. The van der Waals surface area contributed by atoms with Gasteiger partial charge in [0, 0.05) is 23.2 Å². The van der Waals surface area contributed by atoms with Crippen LogP contribution in [0.15, 0.2) is 24.3 Å². The van der Waals surface area contributed by atoms with Crippen LogP contribution in [0.3, 0.4) is 0 Å². The van der Waals surface area contributed by atoms with Crippen LogP contribution in [-0.4, -0.2) is 36.0 Å². The molecule has 0 aliphatic carbocycles. The van der Waals surface area contributed by atoms with E-state index in [1.54, 1.807) is 24.0 Å². The highest BCUT2D eigenvalue weighted by Gasteiger charge is 2.26. The Labute approximate surface area is 131 Å². The molecule has 1 aliphatic heterocycles. The van der Waals surface area contributed by atoms with Gasteiger partial charge in [-0.1, -0.05) is 6.07 Å². The molecule has 0 N–H and O–H groups in total. The minimum absolute atomic E-state index is 0.168. The van der Waals surface area contributed by atoms with E-state index in [2.05, 4.69) is 0 Å². The summed E-state index contributed by atoms with van der Waals surface area (Å²) in [6, 6.07) is 6.18. The molecule has 1 aromatic carbocycles. The summed E-state index contributed by atoms with van der Waals surface area (Å²) in [6.07, 6.45) is 1.16. The molecule has 0 unspecified atom stereocenters. The van der Waals surface area contributed by atoms with Crippen LogP contribution in [0.1, 0.15) is 29.4 Å². The van der Waals surface area contributed by atoms with Crippen molar-refractivity contribution < 1.29 is 18.7 Å². The Balaban J connectivity index is 1.72. The van der Waals surface area contributed by atoms with E-state index in [1.807, 2.05) is 0 Å². The molecule has 1 saturated heterocycles. The standard InChI is InChI=1S/C16H16FNO3S/c1-10(15(19)18-7-2-3-8-18)21-16(20)14-9-11-12(17)5-4-6-13(11)22-14/h4-6,9-10H,2-3,7-8H2,1H3/t10-/m0/s1. The molecule has 2 aromatic rings. The maximum Gasteiger partial charge on any atom is 0.349 e. The summed E-state index contributed by atoms with van der Waals surface area (Å²) >= 11 is 1.17. The number of fused-ring (bicyclic) bond motifs is 1. The van der Waals surface area contributed by atoms with Crippen LogP contribution in [0.2, 0.25) is 0 Å². The minimum Gasteiger partial charge on any atom is -0.448 e. The monoisotopic (exact) mass is 321 g/mol. The Bertz CT molecular complexity index is 721. The molecule has 1 aromatic heterocycles. The lowest BCUT2D eigenvalue weighted by atomic mass is 10.2. The SMILES string of the molecule is C[C@H](OC(=O)c1cc2c(F)cccc2s1)C(=O)N1CCCC1. The van der Waals surface area contributed by atoms with Crippen molar-refractivity contribution >= 4 is 33.3 Å². The van der Waals surface area contributed by atoms with Gasteiger partial charge < -0.3 is 9.64 Å². The molecule has 4 nitrogen and oxygen atoms in total. The first kappa shape index (κ1) is 15.0. The minimum atomic E-state index is -0.819. The number of hydrogen-bond acceptors (Lipinski definition) is 4. The van der Waals surface area contributed by atoms with Gasteiger partial charge in [0.15, 0.2) is 6.10 Å². The fourth-order valence-corrected chi connectivity index (χ4v) is 3.55. The third kappa shape index (κ3) is 2.83. The van der Waals surface area contributed by atoms with E-state index in [1.165, 1.54) is 23.5 Å². The fraction of sp³-hybridized carbons (Fsp3) is 0.375. The van der Waals surface area contributed by atoms with E-state index < -0.39 is 12.1 Å². The molecule has 2 heterocycles. The first-order valence-corrected chi connectivity index (χ1v) is 8.06. The molecule has 0 saturated carbocycles. The highest BCUT2D eigenvalue weighted by molar-refractivity contribution is 7.20. The van der Waals surface area contributed by atoms with Gasteiger partial charge in [-0.3, -0.25) is 4.79 Å². The van der Waals surface area contributed by atoms with Gasteiger partial charge in [-0.2, -0.15) is 0 Å². The van der Waals surface area contributed by atoms with Crippen molar-refractivity contribution in [3.8, 4) is 0 Å². The molecule has 3 rings (SSSR count). The van der Waals surface area contributed by atoms with Crippen molar-refractivity contribution in [3.05, 3.63) is 35.0 Å². The maximum atomic E-state index is 13.7. The lowest BCUT2D eigenvalue weighted by Gasteiger charge is -2.20. The van der Waals surface area contributed by atoms with Crippen LogP contribution in [0.4, 0.5) is 4.39 Å². The van der Waals surface area contributed by atoms with E-state index in [9.17, 15) is 14.0 Å². The zero-order valence-corrected chi connectivity index (χ0v) is 13.0. The molecule has 6 heteroatoms. The predicted molar refractivity (Wildman–Crippen MR) is 82.5 cm³/mol. The smallest absolute Gasteiger partial charge is 0.349 e. The summed E-state index contributed by atoms with van der Waals surface area (Å²) in [7, 11) is 0. The molecule has 1 amide bonds. The van der Waals surface area contributed by atoms with Crippen LogP contribution in [0.5, 0.6) is 0 Å². The van der Waals surface area contributed by atoms with Gasteiger partial charge in [0.05, 0.1) is 0 Å². The molecule has 22 heavy (non-hydrogen) atoms. The first-order valence-electron chi connectivity index (χ1n) is 7.24. The number of benzene rings is 1. The van der Waals surface area contributed by atoms with Crippen molar-refractivity contribution in [3.63, 3.8) is 0 Å².